The van der Waals surface area contributed by atoms with Crippen LogP contribution in [0.1, 0.15) is 72.1 Å². The number of methoxy groups -OCH3 is 1. The van der Waals surface area contributed by atoms with Gasteiger partial charge in [-0.2, -0.15) is 26.3 Å². The Hall–Kier alpha value is -5.84. The number of amides is 1. The number of carbonyl (C=O) groups is 1. The molecule has 0 saturated heterocycles. The van der Waals surface area contributed by atoms with Gasteiger partial charge in [0.25, 0.3) is 5.91 Å². The molecule has 6 rings (SSSR count). The average molecular weight is 786 g/mol. The third kappa shape index (κ3) is 9.76. The summed E-state index contributed by atoms with van der Waals surface area (Å²) in [4.78, 5) is 17.5. The number of nitrogens with zero attached hydrogens (tertiary/aromatic N) is 1. The van der Waals surface area contributed by atoms with Gasteiger partial charge in [-0.25, -0.2) is 4.99 Å². The van der Waals surface area contributed by atoms with E-state index in [9.17, 15) is 31.1 Å². The van der Waals surface area contributed by atoms with Gasteiger partial charge in [0.05, 0.1) is 29.5 Å². The van der Waals surface area contributed by atoms with Crippen LogP contribution in [0.4, 0.5) is 37.7 Å². The highest BCUT2D eigenvalue weighted by Crippen LogP contribution is 2.54. The Morgan fingerprint density at radius 3 is 1.91 bits per heavy atom. The number of para-hydroxylation sites is 1. The Bertz CT molecular complexity index is 2180. The zero-order valence-electron chi connectivity index (χ0n) is 32.2. The lowest BCUT2D eigenvalue weighted by molar-refractivity contribution is -0.137. The van der Waals surface area contributed by atoms with E-state index in [4.69, 9.17) is 4.74 Å². The van der Waals surface area contributed by atoms with Gasteiger partial charge in [0.15, 0.2) is 5.90 Å². The molecule has 0 atom stereocenters. The van der Waals surface area contributed by atoms with Crippen LogP contribution >= 0.6 is 0 Å². The lowest BCUT2D eigenvalue weighted by Crippen LogP contribution is -2.39. The summed E-state index contributed by atoms with van der Waals surface area (Å²) in [5.41, 5.74) is 6.66. The van der Waals surface area contributed by atoms with Crippen molar-refractivity contribution in [3.05, 3.63) is 155 Å². The van der Waals surface area contributed by atoms with Crippen molar-refractivity contribution in [2.75, 3.05) is 19.0 Å². The number of benzene rings is 5. The van der Waals surface area contributed by atoms with Crippen molar-refractivity contribution in [3.8, 4) is 22.3 Å². The Morgan fingerprint density at radius 1 is 0.772 bits per heavy atom. The van der Waals surface area contributed by atoms with E-state index >= 15 is 0 Å². The van der Waals surface area contributed by atoms with Crippen molar-refractivity contribution in [3.63, 3.8) is 0 Å². The predicted molar refractivity (Wildman–Crippen MR) is 216 cm³/mol. The fraction of sp³-hybridized carbons (Fsp3) is 0.261. The van der Waals surface area contributed by atoms with E-state index in [0.717, 1.165) is 65.6 Å². The molecular formula is C46H45F6N3O2. The Morgan fingerprint density at radius 2 is 1.35 bits per heavy atom. The second-order valence-electron chi connectivity index (χ2n) is 13.8. The van der Waals surface area contributed by atoms with Crippen LogP contribution in [0.15, 0.2) is 133 Å². The summed E-state index contributed by atoms with van der Waals surface area (Å²) in [6.07, 6.45) is -4.91. The van der Waals surface area contributed by atoms with Crippen molar-refractivity contribution in [2.24, 2.45) is 4.99 Å². The lowest BCUT2D eigenvalue weighted by Gasteiger charge is -2.35. The summed E-state index contributed by atoms with van der Waals surface area (Å²) < 4.78 is 82.2. The molecule has 5 aromatic rings. The molecule has 1 aliphatic carbocycles. The molecule has 0 radical (unpaired) electrons. The van der Waals surface area contributed by atoms with Crippen molar-refractivity contribution in [1.82, 2.24) is 5.32 Å². The molecule has 2 N–H and O–H groups in total. The number of aryl methyl sites for hydroxylation is 1. The third-order valence-electron chi connectivity index (χ3n) is 9.98. The summed E-state index contributed by atoms with van der Waals surface area (Å²) in [5, 5.41) is 5.46. The molecule has 11 heteroatoms. The number of carbonyl (C=O) groups excluding carboxylic acids is 1. The monoisotopic (exact) mass is 785 g/mol. The van der Waals surface area contributed by atoms with E-state index in [0.29, 0.717) is 39.7 Å². The van der Waals surface area contributed by atoms with Gasteiger partial charge in [-0.15, -0.1) is 0 Å². The predicted octanol–water partition coefficient (Wildman–Crippen LogP) is 12.8. The number of allylic oxidation sites excluding steroid dienone is 1. The number of anilines is 1. The van der Waals surface area contributed by atoms with E-state index in [1.165, 1.54) is 19.2 Å². The fourth-order valence-electron chi connectivity index (χ4n) is 7.14. The Balaban J connectivity index is 0.000000221. The third-order valence-corrected chi connectivity index (χ3v) is 9.98. The topological polar surface area (TPSA) is 62.7 Å². The first-order valence-electron chi connectivity index (χ1n) is 18.6. The molecule has 0 aliphatic heterocycles. The highest BCUT2D eigenvalue weighted by atomic mass is 19.4. The zero-order chi connectivity index (χ0) is 41.4. The van der Waals surface area contributed by atoms with Gasteiger partial charge in [-0.3, -0.25) is 4.79 Å². The van der Waals surface area contributed by atoms with Gasteiger partial charge in [-0.05, 0) is 76.6 Å². The number of aliphatic imine (C=N–C) groups is 1. The minimum absolute atomic E-state index is 0.335. The molecule has 0 spiro atoms. The molecule has 0 fully saturated rings. The number of fused-ring (bicyclic) bond motifs is 3. The van der Waals surface area contributed by atoms with E-state index in [2.05, 4.69) is 29.1 Å². The number of alkyl halides is 6. The Labute approximate surface area is 329 Å². The van der Waals surface area contributed by atoms with Crippen molar-refractivity contribution in [2.45, 2.75) is 64.2 Å². The van der Waals surface area contributed by atoms with Crippen LogP contribution in [0.2, 0.25) is 0 Å². The summed E-state index contributed by atoms with van der Waals surface area (Å²) in [7, 11) is 1.51. The largest absolute Gasteiger partial charge is 0.484 e. The molecule has 5 aromatic carbocycles. The molecule has 298 valence electrons. The molecule has 1 aliphatic rings. The van der Waals surface area contributed by atoms with Crippen LogP contribution in [-0.2, 0) is 16.3 Å². The lowest BCUT2D eigenvalue weighted by atomic mass is 9.72. The minimum Gasteiger partial charge on any atom is -0.484 e. The summed E-state index contributed by atoms with van der Waals surface area (Å²) in [5.74, 6) is 0.0440. The molecule has 0 unspecified atom stereocenters. The quantitative estimate of drug-likeness (QED) is 0.0607. The number of hydrogen-bond acceptors (Lipinski definition) is 4. The molecular weight excluding hydrogens is 741 g/mol. The smallest absolute Gasteiger partial charge is 0.416 e. The average Bonchev–Trinajstić information content (AvgIpc) is 3.48. The second-order valence-corrected chi connectivity index (χ2v) is 13.8. The molecule has 1 amide bonds. The first kappa shape index (κ1) is 42.3. The maximum Gasteiger partial charge on any atom is 0.416 e. The molecule has 0 saturated carbocycles. The number of unbranched alkanes of at least 4 members (excludes halogenated alkanes) is 2. The van der Waals surface area contributed by atoms with Gasteiger partial charge in [0.2, 0.25) is 0 Å². The van der Waals surface area contributed by atoms with E-state index in [1.54, 1.807) is 43.3 Å². The molecule has 0 aromatic heterocycles. The van der Waals surface area contributed by atoms with Crippen molar-refractivity contribution < 1.29 is 35.9 Å². The summed E-state index contributed by atoms with van der Waals surface area (Å²) in [6.45, 7) is 8.71. The van der Waals surface area contributed by atoms with Gasteiger partial charge in [0.1, 0.15) is 6.54 Å². The number of nitrogens with one attached hydrogen (secondary N) is 2. The first-order chi connectivity index (χ1) is 27.1. The van der Waals surface area contributed by atoms with Gasteiger partial charge in [-0.1, -0.05) is 124 Å². The van der Waals surface area contributed by atoms with Gasteiger partial charge >= 0.3 is 12.4 Å². The number of ether oxygens (including phenoxy) is 1. The maximum atomic E-state index is 13.1. The van der Waals surface area contributed by atoms with Crippen molar-refractivity contribution in [1.29, 1.82) is 0 Å². The standard InChI is InChI=1S/C24H21F3N2O2.C22H24F3N/c1-15-7-6-10-21(22(15)28-16(2)31-3)29-23(30)20-9-5-4-8-19(20)17-11-13-18(14-12-17)24(25,26)27;1-3-4-9-14-21(16(2)26-15-22(23,24)25)19-12-7-5-10-17(19)18-11-6-8-13-20(18)21/h4-14H,1-3H3,(H,29,30);5-8,10-13,26H,2-4,9,14-15H2,1H3. The molecule has 0 bridgehead atoms. The van der Waals surface area contributed by atoms with E-state index in [-0.39, 0.29) is 0 Å². The van der Waals surface area contributed by atoms with Crippen LogP contribution in [0, 0.1) is 6.92 Å². The van der Waals surface area contributed by atoms with Crippen LogP contribution in [0.25, 0.3) is 22.3 Å². The fourth-order valence-corrected chi connectivity index (χ4v) is 7.14. The number of rotatable bonds is 11. The van der Waals surface area contributed by atoms with E-state index in [1.807, 2.05) is 61.5 Å². The summed E-state index contributed by atoms with van der Waals surface area (Å²) >= 11 is 0. The van der Waals surface area contributed by atoms with E-state index < -0.39 is 35.8 Å². The highest BCUT2D eigenvalue weighted by Gasteiger charge is 2.45. The van der Waals surface area contributed by atoms with Gasteiger partial charge < -0.3 is 15.4 Å². The number of halogens is 6. The normalized spacial score (nSPS) is 13.1. The van der Waals surface area contributed by atoms with Crippen molar-refractivity contribution >= 4 is 23.2 Å². The number of hydrogen-bond donors (Lipinski definition) is 2. The van der Waals surface area contributed by atoms with Gasteiger partial charge in [0, 0.05) is 18.2 Å². The maximum absolute atomic E-state index is 13.1. The van der Waals surface area contributed by atoms with Crippen LogP contribution < -0.4 is 10.6 Å². The first-order valence-corrected chi connectivity index (χ1v) is 18.6. The minimum atomic E-state index is -4.42. The molecule has 5 nitrogen and oxygen atoms in total. The highest BCUT2D eigenvalue weighted by molar-refractivity contribution is 6.10. The Kier molecular flexibility index (Phi) is 13.3. The molecule has 57 heavy (non-hydrogen) atoms. The van der Waals surface area contributed by atoms with Crippen LogP contribution in [0.3, 0.4) is 0 Å². The van der Waals surface area contributed by atoms with Crippen LogP contribution in [0.5, 0.6) is 0 Å². The van der Waals surface area contributed by atoms with Crippen LogP contribution in [-0.4, -0.2) is 31.6 Å². The zero-order valence-corrected chi connectivity index (χ0v) is 32.2. The summed E-state index contributed by atoms with van der Waals surface area (Å²) in [6, 6.07) is 32.9. The molecule has 0 heterocycles. The second kappa shape index (κ2) is 18.0. The SMILES string of the molecule is C=C(NCC(F)(F)F)C1(CCCCC)c2ccccc2-c2ccccc21.COC(C)=Nc1c(C)cccc1NC(=O)c1ccccc1-c1ccc(C(F)(F)F)cc1.